The van der Waals surface area contributed by atoms with Crippen molar-refractivity contribution in [2.75, 3.05) is 25.9 Å². The molecule has 0 radical (unpaired) electrons. The van der Waals surface area contributed by atoms with E-state index in [4.69, 9.17) is 0 Å². The van der Waals surface area contributed by atoms with Crippen molar-refractivity contribution in [3.63, 3.8) is 0 Å². The molecule has 108 valence electrons. The Labute approximate surface area is 113 Å². The third-order valence-corrected chi connectivity index (χ3v) is 5.96. The first kappa shape index (κ1) is 13.3. The second kappa shape index (κ2) is 4.43. The minimum atomic E-state index is -3.16. The summed E-state index contributed by atoms with van der Waals surface area (Å²) < 4.78 is 24.6. The lowest BCUT2D eigenvalue weighted by molar-refractivity contribution is -0.143. The first-order chi connectivity index (χ1) is 8.86. The van der Waals surface area contributed by atoms with Gasteiger partial charge in [0.15, 0.2) is 0 Å². The molecule has 2 aliphatic heterocycles. The van der Waals surface area contributed by atoms with E-state index in [1.54, 1.807) is 0 Å². The number of hydrogen-bond acceptors (Lipinski definition) is 4. The summed E-state index contributed by atoms with van der Waals surface area (Å²) >= 11 is 0. The zero-order valence-corrected chi connectivity index (χ0v) is 11.8. The smallest absolute Gasteiger partial charge is 0.226 e. The fourth-order valence-corrected chi connectivity index (χ4v) is 4.38. The zero-order valence-electron chi connectivity index (χ0n) is 11.0. The standard InChI is InChI=1S/C12H20N2O4S/c1-19(17,18)13-6-8-2-3-14(11(8)7-13)12(16)9-4-10(15)5-9/h8-11,15H,2-7H2,1H3/t8-,9?,10?,11+/m0/s1. The quantitative estimate of drug-likeness (QED) is 0.725. The third-order valence-electron chi connectivity index (χ3n) is 4.73. The summed E-state index contributed by atoms with van der Waals surface area (Å²) in [5.74, 6) is 0.331. The minimum absolute atomic E-state index is 0.0416. The van der Waals surface area contributed by atoms with Crippen molar-refractivity contribution >= 4 is 15.9 Å². The highest BCUT2D eigenvalue weighted by atomic mass is 32.2. The van der Waals surface area contributed by atoms with Gasteiger partial charge in [-0.05, 0) is 25.2 Å². The predicted octanol–water partition coefficient (Wildman–Crippen LogP) is -0.750. The van der Waals surface area contributed by atoms with Crippen molar-refractivity contribution in [3.8, 4) is 0 Å². The van der Waals surface area contributed by atoms with Gasteiger partial charge in [0.25, 0.3) is 0 Å². The van der Waals surface area contributed by atoms with Gasteiger partial charge >= 0.3 is 0 Å². The molecule has 3 rings (SSSR count). The molecule has 0 unspecified atom stereocenters. The number of amides is 1. The first-order valence-corrected chi connectivity index (χ1v) is 8.65. The molecule has 3 fully saturated rings. The van der Waals surface area contributed by atoms with E-state index < -0.39 is 10.0 Å². The molecule has 3 aliphatic rings. The van der Waals surface area contributed by atoms with Crippen LogP contribution in [0.3, 0.4) is 0 Å². The van der Waals surface area contributed by atoms with Crippen LogP contribution >= 0.6 is 0 Å². The highest BCUT2D eigenvalue weighted by molar-refractivity contribution is 7.88. The molecular formula is C12H20N2O4S. The number of sulfonamides is 1. The summed E-state index contributed by atoms with van der Waals surface area (Å²) in [6.07, 6.45) is 2.90. The van der Waals surface area contributed by atoms with Crippen molar-refractivity contribution < 1.29 is 18.3 Å². The van der Waals surface area contributed by atoms with Gasteiger partial charge in [-0.3, -0.25) is 4.79 Å². The predicted molar refractivity (Wildman–Crippen MR) is 68.8 cm³/mol. The van der Waals surface area contributed by atoms with E-state index in [-0.39, 0.29) is 29.9 Å². The third kappa shape index (κ3) is 2.28. The molecule has 0 bridgehead atoms. The van der Waals surface area contributed by atoms with E-state index in [9.17, 15) is 18.3 Å². The molecule has 1 aliphatic carbocycles. The van der Waals surface area contributed by atoms with Gasteiger partial charge < -0.3 is 10.0 Å². The Morgan fingerprint density at radius 1 is 1.26 bits per heavy atom. The summed E-state index contributed by atoms with van der Waals surface area (Å²) in [4.78, 5) is 14.2. The monoisotopic (exact) mass is 288 g/mol. The largest absolute Gasteiger partial charge is 0.393 e. The molecule has 7 heteroatoms. The van der Waals surface area contributed by atoms with Crippen LogP contribution in [0.2, 0.25) is 0 Å². The summed E-state index contributed by atoms with van der Waals surface area (Å²) in [5, 5.41) is 9.29. The Balaban J connectivity index is 1.68. The van der Waals surface area contributed by atoms with Crippen LogP contribution in [0, 0.1) is 11.8 Å². The Hall–Kier alpha value is -0.660. The molecular weight excluding hydrogens is 268 g/mol. The SMILES string of the molecule is CS(=O)(=O)N1C[C@@H]2CCN(C(=O)C3CC(O)C3)[C@@H]2C1. The van der Waals surface area contributed by atoms with Crippen molar-refractivity contribution in [1.29, 1.82) is 0 Å². The zero-order chi connectivity index (χ0) is 13.8. The second-order valence-electron chi connectivity index (χ2n) is 6.05. The molecule has 1 amide bonds. The van der Waals surface area contributed by atoms with Crippen LogP contribution in [-0.2, 0) is 14.8 Å². The number of likely N-dealkylation sites (tertiary alicyclic amines) is 1. The number of aliphatic hydroxyl groups is 1. The minimum Gasteiger partial charge on any atom is -0.393 e. The number of rotatable bonds is 2. The maximum atomic E-state index is 12.3. The molecule has 2 heterocycles. The number of nitrogens with zero attached hydrogens (tertiary/aromatic N) is 2. The number of aliphatic hydroxyl groups excluding tert-OH is 1. The van der Waals surface area contributed by atoms with Crippen LogP contribution in [0.15, 0.2) is 0 Å². The molecule has 1 N–H and O–H groups in total. The molecule has 0 aromatic heterocycles. The summed E-state index contributed by atoms with van der Waals surface area (Å²) in [6.45, 7) is 1.71. The maximum Gasteiger partial charge on any atom is 0.226 e. The molecule has 2 saturated heterocycles. The second-order valence-corrected chi connectivity index (χ2v) is 8.03. The van der Waals surface area contributed by atoms with Crippen LogP contribution in [0.25, 0.3) is 0 Å². The van der Waals surface area contributed by atoms with Gasteiger partial charge in [-0.2, -0.15) is 4.31 Å². The fourth-order valence-electron chi connectivity index (χ4n) is 3.49. The topological polar surface area (TPSA) is 77.9 Å². The van der Waals surface area contributed by atoms with Gasteiger partial charge in [-0.25, -0.2) is 8.42 Å². The lowest BCUT2D eigenvalue weighted by Crippen LogP contribution is -2.47. The Kier molecular flexibility index (Phi) is 3.11. The van der Waals surface area contributed by atoms with E-state index >= 15 is 0 Å². The number of fused-ring (bicyclic) bond motifs is 1. The van der Waals surface area contributed by atoms with E-state index in [0.29, 0.717) is 25.9 Å². The number of carbonyl (C=O) groups is 1. The van der Waals surface area contributed by atoms with Gasteiger partial charge in [0, 0.05) is 31.6 Å². The van der Waals surface area contributed by atoms with Gasteiger partial charge in [-0.1, -0.05) is 0 Å². The van der Waals surface area contributed by atoms with Crippen molar-refractivity contribution in [3.05, 3.63) is 0 Å². The van der Waals surface area contributed by atoms with Gasteiger partial charge in [-0.15, -0.1) is 0 Å². The molecule has 0 aromatic carbocycles. The van der Waals surface area contributed by atoms with Crippen LogP contribution in [0.4, 0.5) is 0 Å². The average Bonchev–Trinajstić information content (AvgIpc) is 2.81. The van der Waals surface area contributed by atoms with Crippen LogP contribution in [-0.4, -0.2) is 66.7 Å². The van der Waals surface area contributed by atoms with Crippen molar-refractivity contribution in [2.45, 2.75) is 31.4 Å². The highest BCUT2D eigenvalue weighted by Crippen LogP contribution is 2.36. The molecule has 0 spiro atoms. The number of hydrogen-bond donors (Lipinski definition) is 1. The Morgan fingerprint density at radius 2 is 1.95 bits per heavy atom. The maximum absolute atomic E-state index is 12.3. The average molecular weight is 288 g/mol. The van der Waals surface area contributed by atoms with E-state index in [0.717, 1.165) is 13.0 Å². The van der Waals surface area contributed by atoms with Gasteiger partial charge in [0.05, 0.1) is 12.4 Å². The number of carbonyl (C=O) groups excluding carboxylic acids is 1. The molecule has 19 heavy (non-hydrogen) atoms. The van der Waals surface area contributed by atoms with Crippen LogP contribution < -0.4 is 0 Å². The van der Waals surface area contributed by atoms with E-state index in [1.807, 2.05) is 4.90 Å². The van der Waals surface area contributed by atoms with E-state index in [2.05, 4.69) is 0 Å². The van der Waals surface area contributed by atoms with Crippen LogP contribution in [0.1, 0.15) is 19.3 Å². The molecule has 1 saturated carbocycles. The van der Waals surface area contributed by atoms with Crippen molar-refractivity contribution in [2.24, 2.45) is 11.8 Å². The van der Waals surface area contributed by atoms with Gasteiger partial charge in [0.1, 0.15) is 0 Å². The lowest BCUT2D eigenvalue weighted by Gasteiger charge is -2.35. The first-order valence-electron chi connectivity index (χ1n) is 6.80. The fraction of sp³-hybridized carbons (Fsp3) is 0.917. The van der Waals surface area contributed by atoms with Crippen LogP contribution in [0.5, 0.6) is 0 Å². The molecule has 0 aromatic rings. The van der Waals surface area contributed by atoms with E-state index in [1.165, 1.54) is 10.6 Å². The normalized spacial score (nSPS) is 39.2. The Bertz CT molecular complexity index is 486. The summed E-state index contributed by atoms with van der Waals surface area (Å²) in [6, 6.07) is 0.0416. The summed E-state index contributed by atoms with van der Waals surface area (Å²) in [5.41, 5.74) is 0. The lowest BCUT2D eigenvalue weighted by atomic mass is 9.81. The van der Waals surface area contributed by atoms with Gasteiger partial charge in [0.2, 0.25) is 15.9 Å². The van der Waals surface area contributed by atoms with Crippen molar-refractivity contribution in [1.82, 2.24) is 9.21 Å². The molecule has 6 nitrogen and oxygen atoms in total. The highest BCUT2D eigenvalue weighted by Gasteiger charge is 2.48. The molecule has 2 atom stereocenters. The summed E-state index contributed by atoms with van der Waals surface area (Å²) in [7, 11) is -3.16. The Morgan fingerprint density at radius 3 is 2.53 bits per heavy atom.